The molecule has 7 heavy (non-hydrogen) atoms. The molecular formula is C5H9NO. The van der Waals surface area contributed by atoms with Crippen molar-refractivity contribution in [1.29, 1.82) is 0 Å². The fourth-order valence-corrected chi connectivity index (χ4v) is 0.244. The third kappa shape index (κ3) is 3.19. The lowest BCUT2D eigenvalue weighted by atomic mass is 10.3. The Labute approximate surface area is 43.0 Å². The first kappa shape index (κ1) is 6.37. The summed E-state index contributed by atoms with van der Waals surface area (Å²) in [6, 6.07) is 0. The summed E-state index contributed by atoms with van der Waals surface area (Å²) in [5.41, 5.74) is 5.04. The maximum atomic E-state index is 10.2. The van der Waals surface area contributed by atoms with Gasteiger partial charge in [-0.1, -0.05) is 6.58 Å². The van der Waals surface area contributed by atoms with Crippen LogP contribution < -0.4 is 5.73 Å². The Morgan fingerprint density at radius 2 is 2.43 bits per heavy atom. The summed E-state index contributed by atoms with van der Waals surface area (Å²) < 4.78 is 0. The average Bonchev–Trinajstić information content (AvgIpc) is 1.68. The fraction of sp³-hybridized carbons (Fsp3) is 0.400. The lowest BCUT2D eigenvalue weighted by Crippen LogP contribution is -2.04. The molecule has 0 aliphatic rings. The van der Waals surface area contributed by atoms with E-state index in [1.165, 1.54) is 6.08 Å². The number of hydrogen-bond donors (Lipinski definition) is 1. The van der Waals surface area contributed by atoms with Gasteiger partial charge in [-0.05, 0) is 12.6 Å². The average molecular weight is 99.1 g/mol. The molecule has 0 rings (SSSR count). The van der Waals surface area contributed by atoms with Crippen LogP contribution in [0.3, 0.4) is 0 Å². The van der Waals surface area contributed by atoms with Crippen molar-refractivity contribution in [2.24, 2.45) is 5.73 Å². The molecule has 0 radical (unpaired) electrons. The Balaban J connectivity index is 3.17. The molecule has 0 aliphatic carbocycles. The van der Waals surface area contributed by atoms with E-state index >= 15 is 0 Å². The molecule has 0 unspecified atom stereocenters. The highest BCUT2D eigenvalue weighted by Crippen LogP contribution is 1.76. The van der Waals surface area contributed by atoms with Gasteiger partial charge in [0.2, 0.25) is 0 Å². The first-order valence-corrected chi connectivity index (χ1v) is 2.16. The molecule has 0 saturated heterocycles. The maximum absolute atomic E-state index is 10.2. The van der Waals surface area contributed by atoms with Gasteiger partial charge in [0, 0.05) is 6.42 Å². The Morgan fingerprint density at radius 1 is 1.86 bits per heavy atom. The minimum Gasteiger partial charge on any atom is -0.330 e. The Kier molecular flexibility index (Phi) is 3.24. The molecule has 0 aromatic carbocycles. The second kappa shape index (κ2) is 3.56. The molecule has 2 heteroatoms. The molecule has 0 fully saturated rings. The Bertz CT molecular complexity index is 78.1. The zero-order valence-corrected chi connectivity index (χ0v) is 4.18. The molecule has 0 aromatic rings. The van der Waals surface area contributed by atoms with Crippen molar-refractivity contribution in [3.05, 3.63) is 12.7 Å². The Morgan fingerprint density at radius 3 is 2.57 bits per heavy atom. The predicted molar refractivity (Wildman–Crippen MR) is 28.9 cm³/mol. The van der Waals surface area contributed by atoms with Crippen molar-refractivity contribution < 1.29 is 4.79 Å². The second-order valence-corrected chi connectivity index (χ2v) is 1.21. The van der Waals surface area contributed by atoms with Crippen molar-refractivity contribution in [3.63, 3.8) is 0 Å². The number of carbonyl (C=O) groups is 1. The van der Waals surface area contributed by atoms with Gasteiger partial charge in [0.1, 0.15) is 0 Å². The monoisotopic (exact) mass is 99.1 g/mol. The van der Waals surface area contributed by atoms with Crippen LogP contribution in [0.25, 0.3) is 0 Å². The van der Waals surface area contributed by atoms with Gasteiger partial charge < -0.3 is 5.73 Å². The first-order chi connectivity index (χ1) is 3.31. The largest absolute Gasteiger partial charge is 0.330 e. The zero-order valence-electron chi connectivity index (χ0n) is 4.18. The lowest BCUT2D eigenvalue weighted by Gasteiger charge is -1.83. The summed E-state index contributed by atoms with van der Waals surface area (Å²) in [5.74, 6) is 0.0162. The summed E-state index contributed by atoms with van der Waals surface area (Å²) in [7, 11) is 0. The van der Waals surface area contributed by atoms with E-state index in [9.17, 15) is 4.79 Å². The van der Waals surface area contributed by atoms with Gasteiger partial charge in [0.05, 0.1) is 0 Å². The van der Waals surface area contributed by atoms with Crippen LogP contribution in [0, 0.1) is 0 Å². The Hall–Kier alpha value is -0.630. The molecule has 0 aliphatic heterocycles. The van der Waals surface area contributed by atoms with Gasteiger partial charge in [-0.15, -0.1) is 0 Å². The second-order valence-electron chi connectivity index (χ2n) is 1.21. The van der Waals surface area contributed by atoms with Crippen LogP contribution in [0.15, 0.2) is 12.7 Å². The van der Waals surface area contributed by atoms with E-state index in [1.54, 1.807) is 0 Å². The molecule has 0 atom stereocenters. The lowest BCUT2D eigenvalue weighted by molar-refractivity contribution is -0.114. The van der Waals surface area contributed by atoms with Gasteiger partial charge in [0.25, 0.3) is 0 Å². The van der Waals surface area contributed by atoms with E-state index in [2.05, 4.69) is 6.58 Å². The summed E-state index contributed by atoms with van der Waals surface area (Å²) >= 11 is 0. The molecule has 0 bridgehead atoms. The van der Waals surface area contributed by atoms with Crippen LogP contribution in [0.2, 0.25) is 0 Å². The van der Waals surface area contributed by atoms with Crippen molar-refractivity contribution >= 4 is 5.78 Å². The molecule has 0 saturated carbocycles. The number of carbonyl (C=O) groups excluding carboxylic acids is 1. The highest BCUT2D eigenvalue weighted by Gasteiger charge is 1.87. The third-order valence-corrected chi connectivity index (χ3v) is 0.618. The van der Waals surface area contributed by atoms with Crippen LogP contribution in [0.1, 0.15) is 6.42 Å². The normalized spacial score (nSPS) is 8.14. The minimum absolute atomic E-state index is 0.0162. The number of ketones is 1. The fourth-order valence-electron chi connectivity index (χ4n) is 0.244. The van der Waals surface area contributed by atoms with Gasteiger partial charge in [0.15, 0.2) is 5.78 Å². The topological polar surface area (TPSA) is 43.1 Å². The van der Waals surface area contributed by atoms with Crippen molar-refractivity contribution in [2.75, 3.05) is 6.54 Å². The third-order valence-electron chi connectivity index (χ3n) is 0.618. The van der Waals surface area contributed by atoms with Gasteiger partial charge in [-0.2, -0.15) is 0 Å². The number of hydrogen-bond acceptors (Lipinski definition) is 2. The van der Waals surface area contributed by atoms with Crippen molar-refractivity contribution in [2.45, 2.75) is 6.42 Å². The smallest absolute Gasteiger partial charge is 0.156 e. The highest BCUT2D eigenvalue weighted by molar-refractivity contribution is 5.89. The number of rotatable bonds is 3. The van der Waals surface area contributed by atoms with E-state index in [0.717, 1.165) is 0 Å². The van der Waals surface area contributed by atoms with Crippen LogP contribution in [0.5, 0.6) is 0 Å². The molecule has 40 valence electrons. The van der Waals surface area contributed by atoms with Gasteiger partial charge in [-0.3, -0.25) is 4.79 Å². The number of allylic oxidation sites excluding steroid dienone is 1. The van der Waals surface area contributed by atoms with E-state index in [1.807, 2.05) is 0 Å². The summed E-state index contributed by atoms with van der Waals surface area (Å²) in [4.78, 5) is 10.2. The molecule has 0 aromatic heterocycles. The van der Waals surface area contributed by atoms with E-state index in [4.69, 9.17) is 5.73 Å². The molecule has 0 spiro atoms. The minimum atomic E-state index is 0.0162. The van der Waals surface area contributed by atoms with Crippen LogP contribution >= 0.6 is 0 Å². The SMILES string of the molecule is C=CC(=O)CCN. The van der Waals surface area contributed by atoms with E-state index in [0.29, 0.717) is 13.0 Å². The molecule has 2 N–H and O–H groups in total. The maximum Gasteiger partial charge on any atom is 0.156 e. The first-order valence-electron chi connectivity index (χ1n) is 2.16. The van der Waals surface area contributed by atoms with E-state index < -0.39 is 0 Å². The zero-order chi connectivity index (χ0) is 5.70. The van der Waals surface area contributed by atoms with E-state index in [-0.39, 0.29) is 5.78 Å². The van der Waals surface area contributed by atoms with Gasteiger partial charge >= 0.3 is 0 Å². The molecular weight excluding hydrogens is 90.1 g/mol. The highest BCUT2D eigenvalue weighted by atomic mass is 16.1. The van der Waals surface area contributed by atoms with Crippen molar-refractivity contribution in [3.8, 4) is 0 Å². The molecule has 0 heterocycles. The summed E-state index contributed by atoms with van der Waals surface area (Å²) in [6.07, 6.45) is 1.70. The van der Waals surface area contributed by atoms with Crippen molar-refractivity contribution in [1.82, 2.24) is 0 Å². The summed E-state index contributed by atoms with van der Waals surface area (Å²) in [6.45, 7) is 3.70. The molecule has 0 amide bonds. The summed E-state index contributed by atoms with van der Waals surface area (Å²) in [5, 5.41) is 0. The molecule has 2 nitrogen and oxygen atoms in total. The number of nitrogens with two attached hydrogens (primary N) is 1. The van der Waals surface area contributed by atoms with Crippen LogP contribution in [-0.4, -0.2) is 12.3 Å². The van der Waals surface area contributed by atoms with Crippen LogP contribution in [0.4, 0.5) is 0 Å². The van der Waals surface area contributed by atoms with Gasteiger partial charge in [-0.25, -0.2) is 0 Å². The predicted octanol–water partition coefficient (Wildman–Crippen LogP) is 0.0903. The standard InChI is InChI=1S/C5H9NO/c1-2-5(7)3-4-6/h2H,1,3-4,6H2. The quantitative estimate of drug-likeness (QED) is 0.509. The van der Waals surface area contributed by atoms with Crippen LogP contribution in [-0.2, 0) is 4.79 Å².